The molecule has 30 heavy (non-hydrogen) atoms. The zero-order valence-electron chi connectivity index (χ0n) is 18.1. The lowest BCUT2D eigenvalue weighted by molar-refractivity contribution is 0.337. The van der Waals surface area contributed by atoms with Gasteiger partial charge in [0, 0.05) is 26.2 Å². The quantitative estimate of drug-likeness (QED) is 0.711. The maximum absolute atomic E-state index is 13.0. The van der Waals surface area contributed by atoms with Crippen molar-refractivity contribution in [3.05, 3.63) is 51.4 Å². The first-order valence-corrected chi connectivity index (χ1v) is 11.9. The standard InChI is InChI=1S/C21H29ClN4O3S/c1-15(2)16-6-8-17(9-7-16)30(28,29)25-12-10-24(11-13-25)18-14-23-26(21(3,4)5)20(27)19(18)22/h6-9,14-15H,10-13H2,1-5H3. The molecule has 1 aromatic carbocycles. The molecule has 0 unspecified atom stereocenters. The van der Waals surface area contributed by atoms with Crippen molar-refractivity contribution < 1.29 is 8.42 Å². The molecule has 1 saturated heterocycles. The number of sulfonamides is 1. The van der Waals surface area contributed by atoms with Crippen molar-refractivity contribution >= 4 is 27.3 Å². The molecule has 0 saturated carbocycles. The van der Waals surface area contributed by atoms with Crippen molar-refractivity contribution in [1.29, 1.82) is 0 Å². The molecule has 0 N–H and O–H groups in total. The van der Waals surface area contributed by atoms with Gasteiger partial charge in [0.05, 0.1) is 22.3 Å². The maximum atomic E-state index is 13.0. The van der Waals surface area contributed by atoms with Crippen LogP contribution in [0.4, 0.5) is 5.69 Å². The zero-order valence-corrected chi connectivity index (χ0v) is 19.7. The van der Waals surface area contributed by atoms with E-state index in [9.17, 15) is 13.2 Å². The summed E-state index contributed by atoms with van der Waals surface area (Å²) in [5.74, 6) is 0.345. The number of nitrogens with zero attached hydrogens (tertiary/aromatic N) is 4. The fraction of sp³-hybridized carbons (Fsp3) is 0.524. The van der Waals surface area contributed by atoms with Gasteiger partial charge in [-0.25, -0.2) is 13.1 Å². The number of hydrogen-bond acceptors (Lipinski definition) is 5. The van der Waals surface area contributed by atoms with E-state index in [0.29, 0.717) is 42.7 Å². The molecule has 1 aliphatic rings. The van der Waals surface area contributed by atoms with Crippen molar-refractivity contribution in [3.8, 4) is 0 Å². The maximum Gasteiger partial charge on any atom is 0.288 e. The summed E-state index contributed by atoms with van der Waals surface area (Å²) in [6, 6.07) is 7.07. The summed E-state index contributed by atoms with van der Waals surface area (Å²) >= 11 is 6.35. The Morgan fingerprint density at radius 1 is 1.03 bits per heavy atom. The van der Waals surface area contributed by atoms with Crippen molar-refractivity contribution in [2.75, 3.05) is 31.1 Å². The summed E-state index contributed by atoms with van der Waals surface area (Å²) in [7, 11) is -3.56. The molecule has 1 aromatic heterocycles. The third kappa shape index (κ3) is 4.40. The highest BCUT2D eigenvalue weighted by Gasteiger charge is 2.30. The molecule has 0 radical (unpaired) electrons. The smallest absolute Gasteiger partial charge is 0.288 e. The second-order valence-electron chi connectivity index (χ2n) is 8.85. The van der Waals surface area contributed by atoms with E-state index in [1.807, 2.05) is 37.8 Å². The van der Waals surface area contributed by atoms with Gasteiger partial charge in [-0.2, -0.15) is 9.40 Å². The summed E-state index contributed by atoms with van der Waals surface area (Å²) in [6.45, 7) is 11.3. The Kier molecular flexibility index (Phi) is 6.32. The molecule has 1 aliphatic heterocycles. The summed E-state index contributed by atoms with van der Waals surface area (Å²) in [4.78, 5) is 14.8. The van der Waals surface area contributed by atoms with Crippen molar-refractivity contribution in [2.24, 2.45) is 0 Å². The van der Waals surface area contributed by atoms with Crippen molar-refractivity contribution in [3.63, 3.8) is 0 Å². The molecule has 1 fully saturated rings. The molecule has 164 valence electrons. The van der Waals surface area contributed by atoms with E-state index >= 15 is 0 Å². The summed E-state index contributed by atoms with van der Waals surface area (Å²) in [5, 5.41) is 4.38. The summed E-state index contributed by atoms with van der Waals surface area (Å²) < 4.78 is 28.8. The Hall–Kier alpha value is -1.90. The Morgan fingerprint density at radius 3 is 2.10 bits per heavy atom. The van der Waals surface area contributed by atoms with Crippen LogP contribution in [0.2, 0.25) is 5.02 Å². The predicted molar refractivity (Wildman–Crippen MR) is 120 cm³/mol. The minimum absolute atomic E-state index is 0.112. The second kappa shape index (κ2) is 8.32. The van der Waals surface area contributed by atoms with Gasteiger partial charge < -0.3 is 4.90 Å². The Labute approximate surface area is 183 Å². The molecule has 0 spiro atoms. The van der Waals surface area contributed by atoms with Crippen LogP contribution < -0.4 is 10.5 Å². The molecule has 0 amide bonds. The average molecular weight is 453 g/mol. The molecule has 0 aliphatic carbocycles. The molecule has 9 heteroatoms. The second-order valence-corrected chi connectivity index (χ2v) is 11.2. The average Bonchev–Trinajstić information content (AvgIpc) is 2.69. The van der Waals surface area contributed by atoms with E-state index in [-0.39, 0.29) is 10.6 Å². The van der Waals surface area contributed by atoms with E-state index in [4.69, 9.17) is 11.6 Å². The van der Waals surface area contributed by atoms with Crippen LogP contribution in [0.15, 0.2) is 40.2 Å². The monoisotopic (exact) mass is 452 g/mol. The van der Waals surface area contributed by atoms with E-state index in [2.05, 4.69) is 18.9 Å². The van der Waals surface area contributed by atoms with E-state index in [1.165, 1.54) is 8.99 Å². The van der Waals surface area contributed by atoms with Crippen LogP contribution in [0.25, 0.3) is 0 Å². The van der Waals surface area contributed by atoms with E-state index in [1.54, 1.807) is 18.3 Å². The fourth-order valence-electron chi connectivity index (χ4n) is 3.47. The number of rotatable bonds is 4. The van der Waals surface area contributed by atoms with Gasteiger partial charge in [0.15, 0.2) is 0 Å². The normalized spacial score (nSPS) is 16.3. The minimum atomic E-state index is -3.56. The highest BCUT2D eigenvalue weighted by atomic mass is 35.5. The third-order valence-electron chi connectivity index (χ3n) is 5.30. The Balaban J connectivity index is 1.76. The number of hydrogen-bond donors (Lipinski definition) is 0. The number of halogens is 1. The van der Waals surface area contributed by atoms with Crippen LogP contribution >= 0.6 is 11.6 Å². The SMILES string of the molecule is CC(C)c1ccc(S(=O)(=O)N2CCN(c3cnn(C(C)(C)C)c(=O)c3Cl)CC2)cc1. The lowest BCUT2D eigenvalue weighted by Gasteiger charge is -2.35. The number of aromatic nitrogens is 2. The molecule has 3 rings (SSSR count). The van der Waals surface area contributed by atoms with Gasteiger partial charge in [-0.3, -0.25) is 4.79 Å². The Morgan fingerprint density at radius 2 is 1.60 bits per heavy atom. The molecule has 0 atom stereocenters. The van der Waals surface area contributed by atoms with Crippen LogP contribution in [0.5, 0.6) is 0 Å². The van der Waals surface area contributed by atoms with Crippen LogP contribution in [0, 0.1) is 0 Å². The molecular formula is C21H29ClN4O3S. The zero-order chi connectivity index (χ0) is 22.3. The minimum Gasteiger partial charge on any atom is -0.366 e. The molecule has 2 heterocycles. The van der Waals surface area contributed by atoms with Crippen LogP contribution in [-0.4, -0.2) is 48.7 Å². The van der Waals surface area contributed by atoms with Crippen molar-refractivity contribution in [2.45, 2.75) is 51.0 Å². The largest absolute Gasteiger partial charge is 0.366 e. The first-order valence-electron chi connectivity index (χ1n) is 10.1. The van der Waals surface area contributed by atoms with Gasteiger partial charge in [0.25, 0.3) is 5.56 Å². The summed E-state index contributed by atoms with van der Waals surface area (Å²) in [6.07, 6.45) is 1.59. The first-order chi connectivity index (χ1) is 13.9. The number of benzene rings is 1. The fourth-order valence-corrected chi connectivity index (χ4v) is 5.14. The lowest BCUT2D eigenvalue weighted by atomic mass is 10.0. The number of piperazine rings is 1. The van der Waals surface area contributed by atoms with Crippen molar-refractivity contribution in [1.82, 2.24) is 14.1 Å². The van der Waals surface area contributed by atoms with Crippen LogP contribution in [0.3, 0.4) is 0 Å². The third-order valence-corrected chi connectivity index (χ3v) is 7.57. The topological polar surface area (TPSA) is 75.5 Å². The van der Waals surface area contributed by atoms with Gasteiger partial charge in [0.2, 0.25) is 10.0 Å². The molecule has 2 aromatic rings. The van der Waals surface area contributed by atoms with Gasteiger partial charge in [-0.1, -0.05) is 37.6 Å². The van der Waals surface area contributed by atoms with E-state index in [0.717, 1.165) is 5.56 Å². The number of anilines is 1. The highest BCUT2D eigenvalue weighted by molar-refractivity contribution is 7.89. The van der Waals surface area contributed by atoms with Gasteiger partial charge >= 0.3 is 0 Å². The van der Waals surface area contributed by atoms with Crippen LogP contribution in [-0.2, 0) is 15.6 Å². The first kappa shape index (κ1) is 22.8. The molecular weight excluding hydrogens is 424 g/mol. The highest BCUT2D eigenvalue weighted by Crippen LogP contribution is 2.26. The molecule has 7 nitrogen and oxygen atoms in total. The Bertz CT molecular complexity index is 1060. The van der Waals surface area contributed by atoms with Gasteiger partial charge in [-0.05, 0) is 44.4 Å². The summed E-state index contributed by atoms with van der Waals surface area (Å²) in [5.41, 5.74) is 0.824. The predicted octanol–water partition coefficient (Wildman–Crippen LogP) is 3.29. The molecule has 0 bridgehead atoms. The van der Waals surface area contributed by atoms with Crippen LogP contribution in [0.1, 0.15) is 46.1 Å². The van der Waals surface area contributed by atoms with Gasteiger partial charge in [0.1, 0.15) is 5.02 Å². The lowest BCUT2D eigenvalue weighted by Crippen LogP contribution is -2.49. The van der Waals surface area contributed by atoms with Gasteiger partial charge in [-0.15, -0.1) is 0 Å². The van der Waals surface area contributed by atoms with E-state index < -0.39 is 15.6 Å².